The first-order valence-corrected chi connectivity index (χ1v) is 7.90. The monoisotopic (exact) mass is 353 g/mol. The number of nitrogens with zero attached hydrogens (tertiary/aromatic N) is 3. The van der Waals surface area contributed by atoms with Crippen molar-refractivity contribution in [3.63, 3.8) is 0 Å². The molecule has 1 aromatic heterocycles. The van der Waals surface area contributed by atoms with Gasteiger partial charge in [-0.3, -0.25) is 4.90 Å². The molecule has 136 valence electrons. The number of halogens is 2. The van der Waals surface area contributed by atoms with E-state index in [0.29, 0.717) is 6.54 Å². The number of hydrogen-bond donors (Lipinski definition) is 0. The van der Waals surface area contributed by atoms with Gasteiger partial charge in [0.15, 0.2) is 0 Å². The first kappa shape index (κ1) is 18.8. The Balaban J connectivity index is 2.23. The Hall–Kier alpha value is -2.51. The lowest BCUT2D eigenvalue weighted by Gasteiger charge is -2.29. The van der Waals surface area contributed by atoms with E-state index in [1.165, 1.54) is 4.90 Å². The average Bonchev–Trinajstić information content (AvgIpc) is 2.94. The summed E-state index contributed by atoms with van der Waals surface area (Å²) in [5, 5.41) is 3.74. The van der Waals surface area contributed by atoms with Gasteiger partial charge in [-0.1, -0.05) is 5.16 Å². The second-order valence-corrected chi connectivity index (χ2v) is 6.56. The predicted octanol–water partition coefficient (Wildman–Crippen LogP) is 4.33. The molecule has 6 nitrogen and oxygen atoms in total. The quantitative estimate of drug-likeness (QED) is 0.818. The molecule has 2 aromatic rings. The van der Waals surface area contributed by atoms with Gasteiger partial charge in [-0.15, -0.1) is 0 Å². The fourth-order valence-electron chi connectivity index (χ4n) is 2.22. The lowest BCUT2D eigenvalue weighted by Crippen LogP contribution is -2.38. The van der Waals surface area contributed by atoms with Gasteiger partial charge in [0.25, 0.3) is 0 Å². The van der Waals surface area contributed by atoms with Crippen LogP contribution in [0.1, 0.15) is 46.6 Å². The molecule has 0 bridgehead atoms. The Morgan fingerprint density at radius 3 is 2.40 bits per heavy atom. The highest BCUT2D eigenvalue weighted by Crippen LogP contribution is 2.25. The van der Waals surface area contributed by atoms with E-state index in [1.54, 1.807) is 34.6 Å². The zero-order valence-electron chi connectivity index (χ0n) is 14.8. The van der Waals surface area contributed by atoms with E-state index in [0.717, 1.165) is 18.2 Å². The number of aromatic nitrogens is 2. The number of carbonyl (C=O) groups is 1. The predicted molar refractivity (Wildman–Crippen MR) is 86.7 cm³/mol. The molecule has 1 atom stereocenters. The van der Waals surface area contributed by atoms with Gasteiger partial charge in [-0.2, -0.15) is 4.98 Å². The van der Waals surface area contributed by atoms with Crippen molar-refractivity contribution in [3.8, 4) is 11.4 Å². The summed E-state index contributed by atoms with van der Waals surface area (Å²) < 4.78 is 37.2. The van der Waals surface area contributed by atoms with Gasteiger partial charge >= 0.3 is 6.09 Å². The Labute approximate surface area is 144 Å². The number of amides is 1. The first-order chi connectivity index (χ1) is 11.6. The minimum Gasteiger partial charge on any atom is -0.444 e. The third kappa shape index (κ3) is 4.74. The molecule has 1 amide bonds. The molecule has 0 unspecified atom stereocenters. The molecule has 0 fully saturated rings. The number of benzene rings is 1. The van der Waals surface area contributed by atoms with Gasteiger partial charge in [-0.05, 0) is 46.8 Å². The fraction of sp³-hybridized carbons (Fsp3) is 0.471. The van der Waals surface area contributed by atoms with E-state index in [2.05, 4.69) is 10.1 Å². The highest BCUT2D eigenvalue weighted by atomic mass is 19.1. The maximum absolute atomic E-state index is 13.3. The van der Waals surface area contributed by atoms with Crippen LogP contribution in [-0.4, -0.2) is 33.3 Å². The molecule has 0 saturated heterocycles. The van der Waals surface area contributed by atoms with Crippen LogP contribution in [0.2, 0.25) is 0 Å². The minimum atomic E-state index is -0.738. The summed E-state index contributed by atoms with van der Waals surface area (Å²) in [5.41, 5.74) is -0.483. The van der Waals surface area contributed by atoms with Crippen LogP contribution >= 0.6 is 0 Å². The number of rotatable bonds is 4. The van der Waals surface area contributed by atoms with E-state index < -0.39 is 29.4 Å². The fourth-order valence-corrected chi connectivity index (χ4v) is 2.22. The number of hydrogen-bond acceptors (Lipinski definition) is 5. The molecule has 1 heterocycles. The largest absolute Gasteiger partial charge is 0.444 e. The van der Waals surface area contributed by atoms with Crippen molar-refractivity contribution < 1.29 is 22.8 Å². The second-order valence-electron chi connectivity index (χ2n) is 6.56. The molecule has 0 aliphatic carbocycles. The summed E-state index contributed by atoms with van der Waals surface area (Å²) in [6.45, 7) is 9.17. The molecule has 0 radical (unpaired) electrons. The normalized spacial score (nSPS) is 12.8. The standard InChI is InChI=1S/C17H21F2N3O3/c1-6-22(16(23)24-17(3,4)5)10(2)15-20-14(21-25-15)11-7-12(18)9-13(19)8-11/h7-10H,6H2,1-5H3/t10-/m0/s1. The van der Waals surface area contributed by atoms with Crippen LogP contribution < -0.4 is 0 Å². The van der Waals surface area contributed by atoms with E-state index in [-0.39, 0.29) is 17.3 Å². The molecule has 25 heavy (non-hydrogen) atoms. The van der Waals surface area contributed by atoms with Gasteiger partial charge in [0, 0.05) is 18.2 Å². The van der Waals surface area contributed by atoms with Gasteiger partial charge in [0.2, 0.25) is 11.7 Å². The summed E-state index contributed by atoms with van der Waals surface area (Å²) in [4.78, 5) is 17.9. The van der Waals surface area contributed by atoms with Gasteiger partial charge in [-0.25, -0.2) is 13.6 Å². The Morgan fingerprint density at radius 2 is 1.88 bits per heavy atom. The van der Waals surface area contributed by atoms with E-state index in [4.69, 9.17) is 9.26 Å². The van der Waals surface area contributed by atoms with Crippen LogP contribution in [-0.2, 0) is 4.74 Å². The van der Waals surface area contributed by atoms with Crippen LogP contribution in [0, 0.1) is 11.6 Å². The number of carbonyl (C=O) groups excluding carboxylic acids is 1. The average molecular weight is 353 g/mol. The van der Waals surface area contributed by atoms with Crippen molar-refractivity contribution >= 4 is 6.09 Å². The molecule has 0 spiro atoms. The third-order valence-corrected chi connectivity index (χ3v) is 3.36. The van der Waals surface area contributed by atoms with Crippen LogP contribution in [0.5, 0.6) is 0 Å². The first-order valence-electron chi connectivity index (χ1n) is 7.90. The van der Waals surface area contributed by atoms with E-state index >= 15 is 0 Å². The van der Waals surface area contributed by atoms with E-state index in [9.17, 15) is 13.6 Å². The summed E-state index contributed by atoms with van der Waals surface area (Å²) in [6, 6.07) is 2.41. The Bertz CT molecular complexity index is 736. The maximum atomic E-state index is 13.3. The molecule has 0 N–H and O–H groups in total. The lowest BCUT2D eigenvalue weighted by molar-refractivity contribution is 0.0157. The van der Waals surface area contributed by atoms with E-state index in [1.807, 2.05) is 0 Å². The van der Waals surface area contributed by atoms with Gasteiger partial charge < -0.3 is 9.26 Å². The molecular weight excluding hydrogens is 332 g/mol. The van der Waals surface area contributed by atoms with Gasteiger partial charge in [0.1, 0.15) is 23.3 Å². The van der Waals surface area contributed by atoms with Crippen molar-refractivity contribution in [1.82, 2.24) is 15.0 Å². The van der Waals surface area contributed by atoms with Gasteiger partial charge in [0.05, 0.1) is 0 Å². The van der Waals surface area contributed by atoms with Crippen molar-refractivity contribution in [1.29, 1.82) is 0 Å². The summed E-state index contributed by atoms with van der Waals surface area (Å²) in [6.07, 6.45) is -0.515. The minimum absolute atomic E-state index is 0.0421. The van der Waals surface area contributed by atoms with Crippen LogP contribution in [0.15, 0.2) is 22.7 Å². The molecule has 0 aliphatic heterocycles. The van der Waals surface area contributed by atoms with Crippen LogP contribution in [0.3, 0.4) is 0 Å². The summed E-state index contributed by atoms with van der Waals surface area (Å²) >= 11 is 0. The van der Waals surface area contributed by atoms with Crippen molar-refractivity contribution in [2.24, 2.45) is 0 Å². The molecule has 8 heteroatoms. The molecule has 2 rings (SSSR count). The Kier molecular flexibility index (Phi) is 5.39. The molecule has 0 aliphatic rings. The topological polar surface area (TPSA) is 68.5 Å². The van der Waals surface area contributed by atoms with Crippen LogP contribution in [0.4, 0.5) is 13.6 Å². The zero-order valence-corrected chi connectivity index (χ0v) is 14.8. The van der Waals surface area contributed by atoms with Crippen molar-refractivity contribution in [3.05, 3.63) is 35.7 Å². The molecule has 0 saturated carbocycles. The maximum Gasteiger partial charge on any atom is 0.410 e. The zero-order chi connectivity index (χ0) is 18.8. The van der Waals surface area contributed by atoms with Crippen molar-refractivity contribution in [2.45, 2.75) is 46.3 Å². The van der Waals surface area contributed by atoms with Crippen LogP contribution in [0.25, 0.3) is 11.4 Å². The molecular formula is C17H21F2N3O3. The third-order valence-electron chi connectivity index (χ3n) is 3.36. The smallest absolute Gasteiger partial charge is 0.410 e. The molecule has 1 aromatic carbocycles. The van der Waals surface area contributed by atoms with Crippen molar-refractivity contribution in [2.75, 3.05) is 6.54 Å². The lowest BCUT2D eigenvalue weighted by atomic mass is 10.2. The number of ether oxygens (including phenoxy) is 1. The Morgan fingerprint density at radius 1 is 1.28 bits per heavy atom. The summed E-state index contributed by atoms with van der Waals surface area (Å²) in [7, 11) is 0. The highest BCUT2D eigenvalue weighted by Gasteiger charge is 2.29. The second kappa shape index (κ2) is 7.16. The summed E-state index contributed by atoms with van der Waals surface area (Å²) in [5.74, 6) is -1.29. The highest BCUT2D eigenvalue weighted by molar-refractivity contribution is 5.68. The SMILES string of the molecule is CCN(C(=O)OC(C)(C)C)[C@@H](C)c1nc(-c2cc(F)cc(F)c2)no1.